The molecular weight excluding hydrogens is 354 g/mol. The Hall–Kier alpha value is -2.67. The number of nitrogens with one attached hydrogen (secondary N) is 1. The molecule has 1 atom stereocenters. The lowest BCUT2D eigenvalue weighted by molar-refractivity contribution is -0.123. The minimum atomic E-state index is -3.24. The summed E-state index contributed by atoms with van der Waals surface area (Å²) in [4.78, 5) is 23.5. The number of sulfone groups is 1. The van der Waals surface area contributed by atoms with Crippen molar-refractivity contribution in [3.05, 3.63) is 59.7 Å². The fourth-order valence-electron chi connectivity index (χ4n) is 2.30. The summed E-state index contributed by atoms with van der Waals surface area (Å²) in [7, 11) is -3.24. The standard InChI is InChI=1S/C19H21NO5S/c1-13(15-6-10-18(11-7-15)26(3,23)24)20-19(22)12-25-17-8-4-16(5-9-17)14(2)21/h4-11,13H,12H2,1-3H3,(H,20,22). The Labute approximate surface area is 153 Å². The Morgan fingerprint density at radius 1 is 1.04 bits per heavy atom. The van der Waals surface area contributed by atoms with Crippen LogP contribution in [0.25, 0.3) is 0 Å². The van der Waals surface area contributed by atoms with Gasteiger partial charge in [-0.1, -0.05) is 12.1 Å². The quantitative estimate of drug-likeness (QED) is 0.751. The van der Waals surface area contributed by atoms with Crippen LogP contribution in [0, 0.1) is 0 Å². The molecule has 1 N–H and O–H groups in total. The molecule has 7 heteroatoms. The average molecular weight is 375 g/mol. The van der Waals surface area contributed by atoms with Gasteiger partial charge >= 0.3 is 0 Å². The van der Waals surface area contributed by atoms with Crippen molar-refractivity contribution in [2.45, 2.75) is 24.8 Å². The van der Waals surface area contributed by atoms with Gasteiger partial charge in [0.1, 0.15) is 5.75 Å². The lowest BCUT2D eigenvalue weighted by atomic mass is 10.1. The zero-order valence-corrected chi connectivity index (χ0v) is 15.7. The molecule has 0 aliphatic carbocycles. The van der Waals surface area contributed by atoms with Crippen LogP contribution in [0.1, 0.15) is 35.8 Å². The van der Waals surface area contributed by atoms with E-state index in [-0.39, 0.29) is 29.2 Å². The van der Waals surface area contributed by atoms with Crippen molar-refractivity contribution in [3.8, 4) is 5.75 Å². The predicted octanol–water partition coefficient (Wildman–Crippen LogP) is 2.55. The molecule has 138 valence electrons. The van der Waals surface area contributed by atoms with E-state index >= 15 is 0 Å². The van der Waals surface area contributed by atoms with Crippen LogP contribution in [-0.4, -0.2) is 33.0 Å². The van der Waals surface area contributed by atoms with Gasteiger partial charge in [-0.3, -0.25) is 9.59 Å². The zero-order chi connectivity index (χ0) is 19.3. The molecule has 2 aromatic rings. The largest absolute Gasteiger partial charge is 0.484 e. The molecule has 26 heavy (non-hydrogen) atoms. The predicted molar refractivity (Wildman–Crippen MR) is 98.1 cm³/mol. The van der Waals surface area contributed by atoms with E-state index in [4.69, 9.17) is 4.74 Å². The second kappa shape index (κ2) is 8.14. The molecule has 0 saturated heterocycles. The van der Waals surface area contributed by atoms with Crippen LogP contribution >= 0.6 is 0 Å². The van der Waals surface area contributed by atoms with Gasteiger partial charge in [0.2, 0.25) is 0 Å². The molecule has 0 radical (unpaired) electrons. The Morgan fingerprint density at radius 2 is 1.62 bits per heavy atom. The lowest BCUT2D eigenvalue weighted by Gasteiger charge is -2.15. The molecule has 0 bridgehead atoms. The van der Waals surface area contributed by atoms with Gasteiger partial charge in [-0.25, -0.2) is 8.42 Å². The Kier molecular flexibility index (Phi) is 6.15. The fourth-order valence-corrected chi connectivity index (χ4v) is 2.94. The van der Waals surface area contributed by atoms with Crippen LogP contribution in [0.5, 0.6) is 5.75 Å². The average Bonchev–Trinajstić information content (AvgIpc) is 2.59. The number of rotatable bonds is 7. The van der Waals surface area contributed by atoms with Gasteiger partial charge in [-0.15, -0.1) is 0 Å². The maximum absolute atomic E-state index is 12.0. The van der Waals surface area contributed by atoms with Crippen molar-refractivity contribution >= 4 is 21.5 Å². The number of hydrogen-bond acceptors (Lipinski definition) is 5. The summed E-state index contributed by atoms with van der Waals surface area (Å²) in [5.74, 6) is 0.153. The molecule has 0 aliphatic rings. The summed E-state index contributed by atoms with van der Waals surface area (Å²) >= 11 is 0. The van der Waals surface area contributed by atoms with E-state index in [1.54, 1.807) is 43.3 Å². The van der Waals surface area contributed by atoms with Crippen LogP contribution in [-0.2, 0) is 14.6 Å². The molecular formula is C19H21NO5S. The van der Waals surface area contributed by atoms with Gasteiger partial charge in [-0.05, 0) is 55.8 Å². The maximum Gasteiger partial charge on any atom is 0.258 e. The third-order valence-electron chi connectivity index (χ3n) is 3.82. The van der Waals surface area contributed by atoms with Crippen LogP contribution in [0.3, 0.4) is 0 Å². The number of ether oxygens (including phenoxy) is 1. The van der Waals surface area contributed by atoms with Gasteiger partial charge in [-0.2, -0.15) is 0 Å². The van der Waals surface area contributed by atoms with Crippen LogP contribution < -0.4 is 10.1 Å². The van der Waals surface area contributed by atoms with Gasteiger partial charge in [0.05, 0.1) is 10.9 Å². The lowest BCUT2D eigenvalue weighted by Crippen LogP contribution is -2.31. The molecule has 2 rings (SSSR count). The number of Topliss-reactive ketones (excluding diaryl/α,β-unsaturated/α-hetero) is 1. The summed E-state index contributed by atoms with van der Waals surface area (Å²) in [6.07, 6.45) is 1.15. The molecule has 0 spiro atoms. The van der Waals surface area contributed by atoms with E-state index in [2.05, 4.69) is 5.32 Å². The number of benzene rings is 2. The zero-order valence-electron chi connectivity index (χ0n) is 14.9. The Bertz CT molecular complexity index is 887. The highest BCUT2D eigenvalue weighted by atomic mass is 32.2. The summed E-state index contributed by atoms with van der Waals surface area (Å²) in [6.45, 7) is 3.12. The van der Waals surface area contributed by atoms with Crippen LogP contribution in [0.4, 0.5) is 0 Å². The molecule has 0 aliphatic heterocycles. The molecule has 0 heterocycles. The first-order valence-electron chi connectivity index (χ1n) is 8.00. The van der Waals surface area contributed by atoms with Crippen molar-refractivity contribution in [2.75, 3.05) is 12.9 Å². The second-order valence-electron chi connectivity index (χ2n) is 6.00. The maximum atomic E-state index is 12.0. The van der Waals surface area contributed by atoms with Gasteiger partial charge in [0, 0.05) is 11.8 Å². The first kappa shape index (κ1) is 19.7. The van der Waals surface area contributed by atoms with Crippen molar-refractivity contribution in [3.63, 3.8) is 0 Å². The van der Waals surface area contributed by atoms with E-state index in [1.165, 1.54) is 19.1 Å². The third kappa shape index (κ3) is 5.42. The van der Waals surface area contributed by atoms with Gasteiger partial charge in [0.25, 0.3) is 5.91 Å². The summed E-state index contributed by atoms with van der Waals surface area (Å²) in [6, 6.07) is 12.6. The molecule has 2 aromatic carbocycles. The van der Waals surface area contributed by atoms with Crippen LogP contribution in [0.15, 0.2) is 53.4 Å². The first-order valence-corrected chi connectivity index (χ1v) is 9.89. The smallest absolute Gasteiger partial charge is 0.258 e. The normalized spacial score (nSPS) is 12.3. The number of carbonyl (C=O) groups is 2. The van der Waals surface area contributed by atoms with E-state index < -0.39 is 9.84 Å². The van der Waals surface area contributed by atoms with Crippen molar-refractivity contribution in [1.82, 2.24) is 5.32 Å². The fraction of sp³-hybridized carbons (Fsp3) is 0.263. The SMILES string of the molecule is CC(=O)c1ccc(OCC(=O)NC(C)c2ccc(S(C)(=O)=O)cc2)cc1. The molecule has 0 aromatic heterocycles. The highest BCUT2D eigenvalue weighted by Crippen LogP contribution is 2.16. The van der Waals surface area contributed by atoms with E-state index in [0.717, 1.165) is 11.8 Å². The van der Waals surface area contributed by atoms with E-state index in [0.29, 0.717) is 11.3 Å². The molecule has 0 saturated carbocycles. The van der Waals surface area contributed by atoms with Crippen molar-refractivity contribution < 1.29 is 22.7 Å². The number of ketones is 1. The molecule has 6 nitrogen and oxygen atoms in total. The van der Waals surface area contributed by atoms with Crippen molar-refractivity contribution in [2.24, 2.45) is 0 Å². The summed E-state index contributed by atoms with van der Waals surface area (Å²) < 4.78 is 28.3. The minimum Gasteiger partial charge on any atom is -0.484 e. The number of carbonyl (C=O) groups excluding carboxylic acids is 2. The summed E-state index contributed by atoms with van der Waals surface area (Å²) in [5, 5.41) is 2.79. The third-order valence-corrected chi connectivity index (χ3v) is 4.94. The molecule has 1 amide bonds. The summed E-state index contributed by atoms with van der Waals surface area (Å²) in [5.41, 5.74) is 1.37. The van der Waals surface area contributed by atoms with E-state index in [1.807, 2.05) is 0 Å². The monoisotopic (exact) mass is 375 g/mol. The first-order chi connectivity index (χ1) is 12.2. The highest BCUT2D eigenvalue weighted by Gasteiger charge is 2.12. The molecule has 1 unspecified atom stereocenters. The Balaban J connectivity index is 1.89. The topological polar surface area (TPSA) is 89.5 Å². The van der Waals surface area contributed by atoms with E-state index in [9.17, 15) is 18.0 Å². The second-order valence-corrected chi connectivity index (χ2v) is 8.02. The van der Waals surface area contributed by atoms with Crippen LogP contribution in [0.2, 0.25) is 0 Å². The van der Waals surface area contributed by atoms with Crippen molar-refractivity contribution in [1.29, 1.82) is 0 Å². The molecule has 0 fully saturated rings. The highest BCUT2D eigenvalue weighted by molar-refractivity contribution is 7.90. The number of hydrogen-bond donors (Lipinski definition) is 1. The number of amides is 1. The van der Waals surface area contributed by atoms with Gasteiger partial charge < -0.3 is 10.1 Å². The van der Waals surface area contributed by atoms with Gasteiger partial charge in [0.15, 0.2) is 22.2 Å². The Morgan fingerprint density at radius 3 is 2.12 bits per heavy atom. The minimum absolute atomic E-state index is 0.0370.